The van der Waals surface area contributed by atoms with E-state index >= 15 is 0 Å². The summed E-state index contributed by atoms with van der Waals surface area (Å²) in [5.74, 6) is 0.105. The van der Waals surface area contributed by atoms with Gasteiger partial charge in [0.2, 0.25) is 5.91 Å². The molecule has 0 unspecified atom stereocenters. The second-order valence-corrected chi connectivity index (χ2v) is 7.08. The standard InChI is InChI=1S/C16H26N4O3/c1-11-13(14(18-23-11)16(2,3)4)15(22)17-10-12(21)20-8-6-19(5)7-9-20/h6-10H2,1-5H3,(H,17,22). The number of likely N-dealkylation sites (N-methyl/N-ethyl adjacent to an activating group) is 1. The molecule has 0 aromatic carbocycles. The van der Waals surface area contributed by atoms with Crippen molar-refractivity contribution in [2.45, 2.75) is 33.1 Å². The van der Waals surface area contributed by atoms with Crippen molar-refractivity contribution in [3.05, 3.63) is 17.0 Å². The molecule has 128 valence electrons. The van der Waals surface area contributed by atoms with Gasteiger partial charge >= 0.3 is 0 Å². The van der Waals surface area contributed by atoms with Gasteiger partial charge in [-0.05, 0) is 14.0 Å². The van der Waals surface area contributed by atoms with Gasteiger partial charge in [0.05, 0.1) is 6.54 Å². The van der Waals surface area contributed by atoms with Crippen LogP contribution >= 0.6 is 0 Å². The molecule has 0 aliphatic carbocycles. The monoisotopic (exact) mass is 322 g/mol. The second kappa shape index (κ2) is 6.70. The van der Waals surface area contributed by atoms with Gasteiger partial charge in [-0.15, -0.1) is 0 Å². The first kappa shape index (κ1) is 17.5. The van der Waals surface area contributed by atoms with E-state index in [1.54, 1.807) is 11.8 Å². The Morgan fingerprint density at radius 1 is 1.22 bits per heavy atom. The molecule has 2 heterocycles. The second-order valence-electron chi connectivity index (χ2n) is 7.08. The van der Waals surface area contributed by atoms with E-state index < -0.39 is 0 Å². The van der Waals surface area contributed by atoms with Crippen LogP contribution in [0.1, 0.15) is 42.6 Å². The minimum atomic E-state index is -0.309. The Balaban J connectivity index is 1.98. The lowest BCUT2D eigenvalue weighted by atomic mass is 9.88. The summed E-state index contributed by atoms with van der Waals surface area (Å²) in [5.41, 5.74) is 0.745. The van der Waals surface area contributed by atoms with Gasteiger partial charge in [-0.1, -0.05) is 25.9 Å². The average Bonchev–Trinajstić information content (AvgIpc) is 2.87. The Morgan fingerprint density at radius 3 is 2.39 bits per heavy atom. The van der Waals surface area contributed by atoms with E-state index in [0.29, 0.717) is 30.1 Å². The summed E-state index contributed by atoms with van der Waals surface area (Å²) in [6, 6.07) is 0. The molecule has 1 saturated heterocycles. The van der Waals surface area contributed by atoms with Gasteiger partial charge in [-0.3, -0.25) is 9.59 Å². The maximum Gasteiger partial charge on any atom is 0.257 e. The first-order valence-electron chi connectivity index (χ1n) is 7.91. The zero-order chi connectivity index (χ0) is 17.2. The fourth-order valence-electron chi connectivity index (χ4n) is 2.56. The van der Waals surface area contributed by atoms with Crippen LogP contribution in [0, 0.1) is 6.92 Å². The number of piperazine rings is 1. The summed E-state index contributed by atoms with van der Waals surface area (Å²) >= 11 is 0. The molecule has 0 saturated carbocycles. The highest BCUT2D eigenvalue weighted by molar-refractivity contribution is 5.98. The van der Waals surface area contributed by atoms with Crippen LogP contribution in [0.15, 0.2) is 4.52 Å². The van der Waals surface area contributed by atoms with Crippen molar-refractivity contribution in [3.8, 4) is 0 Å². The van der Waals surface area contributed by atoms with Crippen LogP contribution in [0.4, 0.5) is 0 Å². The minimum absolute atomic E-state index is 0.00322. The lowest BCUT2D eigenvalue weighted by Crippen LogP contribution is -2.50. The lowest BCUT2D eigenvalue weighted by molar-refractivity contribution is -0.131. The van der Waals surface area contributed by atoms with Gasteiger partial charge in [-0.25, -0.2) is 0 Å². The van der Waals surface area contributed by atoms with Crippen molar-refractivity contribution in [1.82, 2.24) is 20.3 Å². The van der Waals surface area contributed by atoms with Crippen molar-refractivity contribution >= 4 is 11.8 Å². The van der Waals surface area contributed by atoms with Gasteiger partial charge in [0.25, 0.3) is 5.91 Å². The van der Waals surface area contributed by atoms with Crippen LogP contribution in [-0.4, -0.2) is 66.5 Å². The lowest BCUT2D eigenvalue weighted by Gasteiger charge is -2.32. The predicted molar refractivity (Wildman–Crippen MR) is 86.4 cm³/mol. The summed E-state index contributed by atoms with van der Waals surface area (Å²) in [6.45, 7) is 10.7. The molecule has 2 rings (SSSR count). The number of rotatable bonds is 3. The van der Waals surface area contributed by atoms with Crippen LogP contribution in [0.3, 0.4) is 0 Å². The Labute approximate surface area is 137 Å². The molecule has 0 bridgehead atoms. The van der Waals surface area contributed by atoms with Gasteiger partial charge in [-0.2, -0.15) is 0 Å². The van der Waals surface area contributed by atoms with E-state index in [9.17, 15) is 9.59 Å². The van der Waals surface area contributed by atoms with Crippen LogP contribution in [-0.2, 0) is 10.2 Å². The number of nitrogens with one attached hydrogen (secondary N) is 1. The Bertz CT molecular complexity index is 581. The third-order valence-corrected chi connectivity index (χ3v) is 4.06. The van der Waals surface area contributed by atoms with E-state index in [1.165, 1.54) is 0 Å². The van der Waals surface area contributed by atoms with Crippen LogP contribution in [0.2, 0.25) is 0 Å². The van der Waals surface area contributed by atoms with Crippen molar-refractivity contribution in [3.63, 3.8) is 0 Å². The maximum absolute atomic E-state index is 12.4. The molecule has 1 N–H and O–H groups in total. The molecule has 0 radical (unpaired) electrons. The highest BCUT2D eigenvalue weighted by Gasteiger charge is 2.29. The van der Waals surface area contributed by atoms with Crippen LogP contribution in [0.25, 0.3) is 0 Å². The predicted octanol–water partition coefficient (Wildman–Crippen LogP) is 0.784. The Hall–Kier alpha value is -1.89. The normalized spacial score (nSPS) is 16.5. The van der Waals surface area contributed by atoms with Crippen LogP contribution < -0.4 is 5.32 Å². The molecule has 1 aromatic heterocycles. The van der Waals surface area contributed by atoms with E-state index in [4.69, 9.17) is 4.52 Å². The quantitative estimate of drug-likeness (QED) is 0.890. The largest absolute Gasteiger partial charge is 0.361 e. The van der Waals surface area contributed by atoms with Crippen LogP contribution in [0.5, 0.6) is 0 Å². The third kappa shape index (κ3) is 4.10. The minimum Gasteiger partial charge on any atom is -0.361 e. The zero-order valence-corrected chi connectivity index (χ0v) is 14.6. The summed E-state index contributed by atoms with van der Waals surface area (Å²) in [4.78, 5) is 28.6. The molecule has 0 atom stereocenters. The molecular weight excluding hydrogens is 296 g/mol. The summed E-state index contributed by atoms with van der Waals surface area (Å²) in [7, 11) is 2.03. The van der Waals surface area contributed by atoms with E-state index in [0.717, 1.165) is 13.1 Å². The highest BCUT2D eigenvalue weighted by atomic mass is 16.5. The SMILES string of the molecule is Cc1onc(C(C)(C)C)c1C(=O)NCC(=O)N1CCN(C)CC1. The average molecular weight is 322 g/mol. The number of aromatic nitrogens is 1. The van der Waals surface area contributed by atoms with E-state index in [1.807, 2.05) is 27.8 Å². The summed E-state index contributed by atoms with van der Waals surface area (Å²) in [5, 5.41) is 6.70. The molecule has 7 heteroatoms. The number of carbonyl (C=O) groups is 2. The fourth-order valence-corrected chi connectivity index (χ4v) is 2.56. The molecule has 1 aliphatic rings. The number of nitrogens with zero attached hydrogens (tertiary/aromatic N) is 3. The Kier molecular flexibility index (Phi) is 5.09. The number of amides is 2. The molecule has 7 nitrogen and oxygen atoms in total. The summed E-state index contributed by atoms with van der Waals surface area (Å²) in [6.07, 6.45) is 0. The van der Waals surface area contributed by atoms with Gasteiger partial charge < -0.3 is 19.6 Å². The van der Waals surface area contributed by atoms with Gasteiger partial charge in [0.1, 0.15) is 17.0 Å². The van der Waals surface area contributed by atoms with Crippen molar-refractivity contribution in [2.75, 3.05) is 39.8 Å². The third-order valence-electron chi connectivity index (χ3n) is 4.06. The topological polar surface area (TPSA) is 78.7 Å². The number of carbonyl (C=O) groups excluding carboxylic acids is 2. The number of hydrogen-bond donors (Lipinski definition) is 1. The molecule has 0 spiro atoms. The Morgan fingerprint density at radius 2 is 1.83 bits per heavy atom. The molecule has 1 aliphatic heterocycles. The number of hydrogen-bond acceptors (Lipinski definition) is 5. The first-order valence-corrected chi connectivity index (χ1v) is 7.91. The van der Waals surface area contributed by atoms with Crippen molar-refractivity contribution in [1.29, 1.82) is 0 Å². The molecule has 1 aromatic rings. The van der Waals surface area contributed by atoms with Crippen molar-refractivity contribution in [2.24, 2.45) is 0 Å². The van der Waals surface area contributed by atoms with Crippen molar-refractivity contribution < 1.29 is 14.1 Å². The first-order chi connectivity index (χ1) is 10.7. The van der Waals surface area contributed by atoms with Gasteiger partial charge in [0, 0.05) is 31.6 Å². The molecule has 1 fully saturated rings. The zero-order valence-electron chi connectivity index (χ0n) is 14.6. The fraction of sp³-hybridized carbons (Fsp3) is 0.688. The molecule has 2 amide bonds. The molecule has 23 heavy (non-hydrogen) atoms. The van der Waals surface area contributed by atoms with E-state index in [2.05, 4.69) is 15.4 Å². The van der Waals surface area contributed by atoms with Gasteiger partial charge in [0.15, 0.2) is 0 Å². The number of aryl methyl sites for hydroxylation is 1. The smallest absolute Gasteiger partial charge is 0.257 e. The molecular formula is C16H26N4O3. The highest BCUT2D eigenvalue weighted by Crippen LogP contribution is 2.26. The summed E-state index contributed by atoms with van der Waals surface area (Å²) < 4.78 is 5.17. The maximum atomic E-state index is 12.4. The van der Waals surface area contributed by atoms with E-state index in [-0.39, 0.29) is 23.8 Å².